The summed E-state index contributed by atoms with van der Waals surface area (Å²) in [5.41, 5.74) is 0.818. The maximum atomic E-state index is 2.48. The number of hydrogen-bond donors (Lipinski definition) is 0. The fraction of sp³-hybridized carbons (Fsp3) is 1.00. The summed E-state index contributed by atoms with van der Waals surface area (Å²) in [6.45, 7) is 4.94. The zero-order valence-corrected chi connectivity index (χ0v) is 7.90. The Hall–Kier alpha value is 0. The highest BCUT2D eigenvalue weighted by molar-refractivity contribution is 4.98. The van der Waals surface area contributed by atoms with Crippen molar-refractivity contribution in [2.75, 3.05) is 0 Å². The second-order valence-electron chi connectivity index (χ2n) is 4.82. The first-order valence-electron chi connectivity index (χ1n) is 5.26. The van der Waals surface area contributed by atoms with Crippen molar-refractivity contribution in [2.24, 2.45) is 17.3 Å². The van der Waals surface area contributed by atoms with Gasteiger partial charge in [-0.3, -0.25) is 0 Å². The van der Waals surface area contributed by atoms with Gasteiger partial charge in [0, 0.05) is 0 Å². The predicted octanol–water partition coefficient (Wildman–Crippen LogP) is 3.61. The molecule has 0 radical (unpaired) electrons. The van der Waals surface area contributed by atoms with Crippen LogP contribution in [0, 0.1) is 17.3 Å². The molecule has 0 aromatic heterocycles. The lowest BCUT2D eigenvalue weighted by molar-refractivity contribution is -0.0463. The molecule has 0 aromatic carbocycles. The van der Waals surface area contributed by atoms with Crippen LogP contribution in [0.25, 0.3) is 0 Å². The first-order chi connectivity index (χ1) is 5.26. The van der Waals surface area contributed by atoms with Crippen LogP contribution in [-0.4, -0.2) is 0 Å². The van der Waals surface area contributed by atoms with Crippen molar-refractivity contribution in [3.8, 4) is 0 Å². The lowest BCUT2D eigenvalue weighted by atomic mass is 9.50. The maximum absolute atomic E-state index is 2.48. The molecule has 0 saturated heterocycles. The van der Waals surface area contributed by atoms with Gasteiger partial charge in [0.05, 0.1) is 0 Å². The molecule has 2 aliphatic rings. The van der Waals surface area contributed by atoms with Gasteiger partial charge in [0.2, 0.25) is 0 Å². The van der Waals surface area contributed by atoms with Gasteiger partial charge in [-0.25, -0.2) is 0 Å². The van der Waals surface area contributed by atoms with E-state index in [1.54, 1.807) is 0 Å². The molecule has 0 aromatic rings. The van der Waals surface area contributed by atoms with Crippen LogP contribution in [0.3, 0.4) is 0 Å². The van der Waals surface area contributed by atoms with E-state index in [0.29, 0.717) is 0 Å². The Morgan fingerprint density at radius 1 is 0.909 bits per heavy atom. The Labute approximate surface area is 70.4 Å². The minimum Gasteiger partial charge on any atom is -0.0620 e. The third kappa shape index (κ3) is 0.947. The normalized spacial score (nSPS) is 50.7. The molecule has 2 fully saturated rings. The molecule has 3 unspecified atom stereocenters. The van der Waals surface area contributed by atoms with Gasteiger partial charge < -0.3 is 0 Å². The molecule has 0 N–H and O–H groups in total. The van der Waals surface area contributed by atoms with Gasteiger partial charge in [-0.2, -0.15) is 0 Å². The average Bonchev–Trinajstić information content (AvgIpc) is 2.03. The fourth-order valence-electron chi connectivity index (χ4n) is 3.35. The molecule has 0 amide bonds. The van der Waals surface area contributed by atoms with Crippen LogP contribution in [0.15, 0.2) is 0 Å². The standard InChI is InChI=1S/C11H20/c1-9-5-3-4-7-11(9)8-6-10(11)2/h9-10H,3-8H2,1-2H3. The van der Waals surface area contributed by atoms with Crippen LogP contribution in [-0.2, 0) is 0 Å². The van der Waals surface area contributed by atoms with E-state index in [0.717, 1.165) is 17.3 Å². The monoisotopic (exact) mass is 152 g/mol. The van der Waals surface area contributed by atoms with Gasteiger partial charge in [-0.15, -0.1) is 0 Å². The predicted molar refractivity (Wildman–Crippen MR) is 48.5 cm³/mol. The lowest BCUT2D eigenvalue weighted by Gasteiger charge is -2.55. The van der Waals surface area contributed by atoms with E-state index in [4.69, 9.17) is 0 Å². The van der Waals surface area contributed by atoms with E-state index in [9.17, 15) is 0 Å². The zero-order chi connectivity index (χ0) is 7.90. The van der Waals surface area contributed by atoms with Crippen molar-refractivity contribution in [3.05, 3.63) is 0 Å². The van der Waals surface area contributed by atoms with Crippen molar-refractivity contribution in [2.45, 2.75) is 52.4 Å². The van der Waals surface area contributed by atoms with E-state index < -0.39 is 0 Å². The van der Waals surface area contributed by atoms with E-state index in [1.807, 2.05) is 0 Å². The Morgan fingerprint density at radius 3 is 2.00 bits per heavy atom. The van der Waals surface area contributed by atoms with E-state index >= 15 is 0 Å². The van der Waals surface area contributed by atoms with E-state index in [2.05, 4.69) is 13.8 Å². The summed E-state index contributed by atoms with van der Waals surface area (Å²) in [5, 5.41) is 0. The minimum atomic E-state index is 0.818. The third-order valence-corrected chi connectivity index (χ3v) is 4.54. The molecule has 0 heterocycles. The molecule has 0 bridgehead atoms. The highest BCUT2D eigenvalue weighted by Crippen LogP contribution is 2.58. The van der Waals surface area contributed by atoms with E-state index in [-0.39, 0.29) is 0 Å². The second-order valence-corrected chi connectivity index (χ2v) is 4.82. The van der Waals surface area contributed by atoms with Gasteiger partial charge >= 0.3 is 0 Å². The summed E-state index contributed by atoms with van der Waals surface area (Å²) < 4.78 is 0. The van der Waals surface area contributed by atoms with Crippen LogP contribution in [0.1, 0.15) is 52.4 Å². The number of rotatable bonds is 0. The van der Waals surface area contributed by atoms with Crippen LogP contribution >= 0.6 is 0 Å². The molecule has 0 nitrogen and oxygen atoms in total. The Balaban J connectivity index is 2.09. The minimum absolute atomic E-state index is 0.818. The molecular formula is C11H20. The smallest absolute Gasteiger partial charge is 0.0246 e. The zero-order valence-electron chi connectivity index (χ0n) is 7.90. The van der Waals surface area contributed by atoms with Crippen molar-refractivity contribution in [1.29, 1.82) is 0 Å². The molecule has 11 heavy (non-hydrogen) atoms. The van der Waals surface area contributed by atoms with Gasteiger partial charge in [0.25, 0.3) is 0 Å². The summed E-state index contributed by atoms with van der Waals surface area (Å²) in [4.78, 5) is 0. The van der Waals surface area contributed by atoms with Gasteiger partial charge in [0.1, 0.15) is 0 Å². The Morgan fingerprint density at radius 2 is 1.64 bits per heavy atom. The summed E-state index contributed by atoms with van der Waals surface area (Å²) in [5.74, 6) is 2.07. The van der Waals surface area contributed by atoms with Crippen molar-refractivity contribution < 1.29 is 0 Å². The van der Waals surface area contributed by atoms with Crippen molar-refractivity contribution in [1.82, 2.24) is 0 Å². The SMILES string of the molecule is CC1CCCCC12CCC2C. The maximum Gasteiger partial charge on any atom is -0.0246 e. The van der Waals surface area contributed by atoms with Crippen LogP contribution in [0.2, 0.25) is 0 Å². The molecule has 1 spiro atoms. The van der Waals surface area contributed by atoms with Crippen LogP contribution in [0.5, 0.6) is 0 Å². The molecule has 0 aliphatic heterocycles. The first kappa shape index (κ1) is 7.64. The fourth-order valence-corrected chi connectivity index (χ4v) is 3.35. The molecular weight excluding hydrogens is 132 g/mol. The highest BCUT2D eigenvalue weighted by atomic mass is 14.5. The summed E-state index contributed by atoms with van der Waals surface area (Å²) in [6, 6.07) is 0. The van der Waals surface area contributed by atoms with Crippen LogP contribution in [0.4, 0.5) is 0 Å². The quantitative estimate of drug-likeness (QED) is 0.497. The first-order valence-corrected chi connectivity index (χ1v) is 5.26. The molecule has 2 saturated carbocycles. The van der Waals surface area contributed by atoms with Crippen LogP contribution < -0.4 is 0 Å². The van der Waals surface area contributed by atoms with Gasteiger partial charge in [-0.1, -0.05) is 33.1 Å². The number of hydrogen-bond acceptors (Lipinski definition) is 0. The van der Waals surface area contributed by atoms with Gasteiger partial charge in [-0.05, 0) is 36.5 Å². The molecule has 2 rings (SSSR count). The largest absolute Gasteiger partial charge is 0.0620 e. The average molecular weight is 152 g/mol. The second kappa shape index (κ2) is 2.50. The summed E-state index contributed by atoms with van der Waals surface area (Å²) >= 11 is 0. The van der Waals surface area contributed by atoms with Gasteiger partial charge in [0.15, 0.2) is 0 Å². The molecule has 0 heteroatoms. The van der Waals surface area contributed by atoms with Crippen molar-refractivity contribution in [3.63, 3.8) is 0 Å². The summed E-state index contributed by atoms with van der Waals surface area (Å²) in [7, 11) is 0. The Bertz CT molecular complexity index is 150. The van der Waals surface area contributed by atoms with Crippen molar-refractivity contribution >= 4 is 0 Å². The molecule has 3 atom stereocenters. The highest BCUT2D eigenvalue weighted by Gasteiger charge is 2.48. The third-order valence-electron chi connectivity index (χ3n) is 4.54. The summed E-state index contributed by atoms with van der Waals surface area (Å²) in [6.07, 6.45) is 9.09. The lowest BCUT2D eigenvalue weighted by Crippen LogP contribution is -2.45. The Kier molecular flexibility index (Phi) is 1.74. The molecule has 64 valence electrons. The van der Waals surface area contributed by atoms with E-state index in [1.165, 1.54) is 38.5 Å². The topological polar surface area (TPSA) is 0 Å². The molecule has 2 aliphatic carbocycles.